The first-order valence-corrected chi connectivity index (χ1v) is 15.5. The van der Waals surface area contributed by atoms with Gasteiger partial charge in [0.1, 0.15) is 12.2 Å². The lowest BCUT2D eigenvalue weighted by Crippen LogP contribution is -2.38. The largest absolute Gasteiger partial charge is 0.390 e. The first kappa shape index (κ1) is 36.9. The summed E-state index contributed by atoms with van der Waals surface area (Å²) in [5.74, 6) is -0.173. The fraction of sp³-hybridized carbons (Fsp3) is 0.425. The molecule has 0 aliphatic heterocycles. The number of aliphatic hydroxyl groups excluding tert-OH is 3. The Morgan fingerprint density at radius 3 is 1.55 bits per heavy atom. The van der Waals surface area contributed by atoms with Crippen LogP contribution in [0.1, 0.15) is 82.1 Å². The maximum atomic E-state index is 12.2. The van der Waals surface area contributed by atoms with E-state index in [9.17, 15) is 20.1 Å². The highest BCUT2D eigenvalue weighted by Gasteiger charge is 2.37. The number of aliphatic hydroxyl groups is 3. The summed E-state index contributed by atoms with van der Waals surface area (Å²) >= 11 is 0. The van der Waals surface area contributed by atoms with Gasteiger partial charge in [0.05, 0.1) is 6.10 Å². The summed E-state index contributed by atoms with van der Waals surface area (Å²) in [6.45, 7) is 20.2. The molecular formula is C40H54O4. The Labute approximate surface area is 266 Å². The summed E-state index contributed by atoms with van der Waals surface area (Å²) in [5, 5.41) is 30.4. The molecular weight excluding hydrogens is 544 g/mol. The monoisotopic (exact) mass is 598 g/mol. The predicted octanol–water partition coefficient (Wildman–Crippen LogP) is 8.70. The van der Waals surface area contributed by atoms with Crippen LogP contribution in [0.5, 0.6) is 0 Å². The van der Waals surface area contributed by atoms with Crippen LogP contribution in [0.2, 0.25) is 0 Å². The van der Waals surface area contributed by atoms with Gasteiger partial charge in [-0.1, -0.05) is 135 Å². The van der Waals surface area contributed by atoms with E-state index < -0.39 is 18.3 Å². The minimum absolute atomic E-state index is 0.173. The van der Waals surface area contributed by atoms with Crippen molar-refractivity contribution in [3.63, 3.8) is 0 Å². The number of hydrogen-bond acceptors (Lipinski definition) is 4. The highest BCUT2D eigenvalue weighted by Crippen LogP contribution is 2.41. The molecule has 4 heteroatoms. The van der Waals surface area contributed by atoms with Crippen LogP contribution in [-0.4, -0.2) is 39.4 Å². The van der Waals surface area contributed by atoms with Crippen LogP contribution in [0, 0.1) is 10.8 Å². The summed E-state index contributed by atoms with van der Waals surface area (Å²) < 4.78 is 0. The second-order valence-corrected chi connectivity index (χ2v) is 13.6. The van der Waals surface area contributed by atoms with E-state index in [0.717, 1.165) is 39.0 Å². The van der Waals surface area contributed by atoms with Gasteiger partial charge >= 0.3 is 0 Å². The van der Waals surface area contributed by atoms with Crippen LogP contribution < -0.4 is 0 Å². The molecule has 0 radical (unpaired) electrons. The molecule has 238 valence electrons. The van der Waals surface area contributed by atoms with E-state index in [-0.39, 0.29) is 16.6 Å². The summed E-state index contributed by atoms with van der Waals surface area (Å²) in [7, 11) is 0. The fourth-order valence-corrected chi connectivity index (χ4v) is 5.78. The van der Waals surface area contributed by atoms with Gasteiger partial charge in [0.25, 0.3) is 0 Å². The number of rotatable bonds is 10. The Hall–Kier alpha value is -3.31. The predicted molar refractivity (Wildman–Crippen MR) is 186 cm³/mol. The van der Waals surface area contributed by atoms with E-state index >= 15 is 0 Å². The van der Waals surface area contributed by atoms with E-state index in [1.54, 1.807) is 6.92 Å². The van der Waals surface area contributed by atoms with Crippen molar-refractivity contribution in [3.05, 3.63) is 130 Å². The van der Waals surface area contributed by atoms with Gasteiger partial charge in [0.2, 0.25) is 0 Å². The van der Waals surface area contributed by atoms with Crippen LogP contribution in [0.25, 0.3) is 0 Å². The van der Waals surface area contributed by atoms with E-state index in [1.807, 2.05) is 56.4 Å². The lowest BCUT2D eigenvalue weighted by Gasteiger charge is -2.38. The molecule has 0 aromatic carbocycles. The van der Waals surface area contributed by atoms with Crippen LogP contribution in [0.15, 0.2) is 130 Å². The van der Waals surface area contributed by atoms with Crippen molar-refractivity contribution in [1.82, 2.24) is 0 Å². The zero-order chi connectivity index (χ0) is 33.2. The molecule has 0 aromatic rings. The van der Waals surface area contributed by atoms with Crippen molar-refractivity contribution in [2.24, 2.45) is 10.8 Å². The van der Waals surface area contributed by atoms with Crippen molar-refractivity contribution in [3.8, 4) is 0 Å². The molecule has 0 aromatic heterocycles. The molecule has 4 nitrogen and oxygen atoms in total. The molecule has 0 spiro atoms. The van der Waals surface area contributed by atoms with Crippen molar-refractivity contribution in [2.45, 2.75) is 100 Å². The van der Waals surface area contributed by atoms with Crippen LogP contribution in [-0.2, 0) is 4.79 Å². The molecule has 2 rings (SSSR count). The van der Waals surface area contributed by atoms with Gasteiger partial charge in [0, 0.05) is 0 Å². The molecule has 0 heterocycles. The van der Waals surface area contributed by atoms with E-state index in [2.05, 4.69) is 91.0 Å². The zero-order valence-corrected chi connectivity index (χ0v) is 28.5. The smallest absolute Gasteiger partial charge is 0.187 e. The molecule has 0 fully saturated rings. The number of ketones is 1. The number of carbonyl (C=O) groups excluding carboxylic acids is 1. The number of hydrogen-bond donors (Lipinski definition) is 3. The number of allylic oxidation sites excluding steroid dienone is 20. The van der Waals surface area contributed by atoms with Crippen LogP contribution >= 0.6 is 0 Å². The SMILES string of the molecule is CC1=C(/C=C/C(C)=C/C=C/C(C)=C/C=C/C=C(C)/C=C/C=C(C)/C=C/C2=C(C)[C@@H](O)[C@@H](O)CC2(C)C)C(C)(C)C[C@H](O)C1=O. The molecule has 2 aliphatic rings. The molecule has 0 amide bonds. The van der Waals surface area contributed by atoms with Crippen molar-refractivity contribution in [1.29, 1.82) is 0 Å². The van der Waals surface area contributed by atoms with E-state index in [4.69, 9.17) is 0 Å². The van der Waals surface area contributed by atoms with Gasteiger partial charge < -0.3 is 15.3 Å². The molecule has 3 atom stereocenters. The minimum Gasteiger partial charge on any atom is -0.390 e. The van der Waals surface area contributed by atoms with Gasteiger partial charge in [-0.2, -0.15) is 0 Å². The third-order valence-corrected chi connectivity index (χ3v) is 8.48. The average Bonchev–Trinajstić information content (AvgIpc) is 2.92. The van der Waals surface area contributed by atoms with Crippen LogP contribution in [0.3, 0.4) is 0 Å². The van der Waals surface area contributed by atoms with Gasteiger partial charge in [-0.25, -0.2) is 0 Å². The third kappa shape index (κ3) is 10.7. The topological polar surface area (TPSA) is 77.8 Å². The Bertz CT molecular complexity index is 1410. The molecule has 0 bridgehead atoms. The second kappa shape index (κ2) is 16.1. The lowest BCUT2D eigenvalue weighted by molar-refractivity contribution is -0.125. The minimum atomic E-state index is -0.905. The summed E-state index contributed by atoms with van der Waals surface area (Å²) in [6, 6.07) is 0. The van der Waals surface area contributed by atoms with Crippen molar-refractivity contribution in [2.75, 3.05) is 0 Å². The van der Waals surface area contributed by atoms with E-state index in [0.29, 0.717) is 18.4 Å². The van der Waals surface area contributed by atoms with Gasteiger partial charge in [0.15, 0.2) is 5.78 Å². The highest BCUT2D eigenvalue weighted by molar-refractivity contribution is 6.00. The third-order valence-electron chi connectivity index (χ3n) is 8.48. The molecule has 44 heavy (non-hydrogen) atoms. The van der Waals surface area contributed by atoms with E-state index in [1.165, 1.54) is 0 Å². The molecule has 0 saturated carbocycles. The van der Waals surface area contributed by atoms with Crippen LogP contribution in [0.4, 0.5) is 0 Å². The summed E-state index contributed by atoms with van der Waals surface area (Å²) in [6.07, 6.45) is 27.2. The van der Waals surface area contributed by atoms with Crippen molar-refractivity contribution < 1.29 is 20.1 Å². The first-order chi connectivity index (χ1) is 20.5. The summed E-state index contributed by atoms with van der Waals surface area (Å²) in [5.41, 5.74) is 7.57. The van der Waals surface area contributed by atoms with Gasteiger partial charge in [-0.05, 0) is 87.5 Å². The zero-order valence-electron chi connectivity index (χ0n) is 28.5. The summed E-state index contributed by atoms with van der Waals surface area (Å²) in [4.78, 5) is 12.2. The molecule has 0 saturated heterocycles. The fourth-order valence-electron chi connectivity index (χ4n) is 5.78. The molecule has 2 aliphatic carbocycles. The number of carbonyl (C=O) groups is 1. The molecule has 3 N–H and O–H groups in total. The second-order valence-electron chi connectivity index (χ2n) is 13.6. The normalized spacial score (nSPS) is 26.2. The van der Waals surface area contributed by atoms with Gasteiger partial charge in [-0.3, -0.25) is 4.79 Å². The van der Waals surface area contributed by atoms with Crippen molar-refractivity contribution >= 4 is 5.78 Å². The number of Topliss-reactive ketones (excluding diaryl/α,β-unsaturated/α-hetero) is 1. The van der Waals surface area contributed by atoms with Gasteiger partial charge in [-0.15, -0.1) is 0 Å². The maximum Gasteiger partial charge on any atom is 0.187 e. The Morgan fingerprint density at radius 2 is 1.05 bits per heavy atom. The Morgan fingerprint density at radius 1 is 0.636 bits per heavy atom. The Balaban J connectivity index is 1.95. The molecule has 0 unspecified atom stereocenters. The Kier molecular flexibility index (Phi) is 13.5. The quantitative estimate of drug-likeness (QED) is 0.220. The average molecular weight is 599 g/mol. The standard InChI is InChI=1S/C40H54O4/c1-27(17-13-19-29(3)21-23-33-31(5)37(43)35(41)25-39(33,7)8)15-11-12-16-28(2)18-14-20-30(4)22-24-34-32(6)38(44)36(42)26-40(34,9)10/h11-24,35-37,41-43H,25-26H2,1-10H3/b12-11+,17-13+,18-14+,23-21+,24-22+,27-15+,28-16+,29-19+,30-20+/t35-,36-,37+/m0/s1. The lowest BCUT2D eigenvalue weighted by atomic mass is 9.70. The highest BCUT2D eigenvalue weighted by atomic mass is 16.3. The first-order valence-electron chi connectivity index (χ1n) is 15.5. The maximum absolute atomic E-state index is 12.2.